The third kappa shape index (κ3) is 3.13. The fraction of sp³-hybridized carbons (Fsp3) is 0.250. The van der Waals surface area contributed by atoms with Gasteiger partial charge in [0.15, 0.2) is 0 Å². The molecule has 0 aliphatic rings. The highest BCUT2D eigenvalue weighted by Gasteiger charge is 2.09. The van der Waals surface area contributed by atoms with E-state index in [0.29, 0.717) is 18.8 Å². The van der Waals surface area contributed by atoms with Gasteiger partial charge in [0.05, 0.1) is 0 Å². The van der Waals surface area contributed by atoms with Crippen LogP contribution in [0.1, 0.15) is 22.0 Å². The van der Waals surface area contributed by atoms with Gasteiger partial charge in [-0.15, -0.1) is 5.10 Å². The molecule has 0 unspecified atom stereocenters. The smallest absolute Gasteiger partial charge is 0.290 e. The fourth-order valence-corrected chi connectivity index (χ4v) is 1.54. The molecule has 5 nitrogen and oxygen atoms in total. The number of amides is 1. The largest absolute Gasteiger partial charge is 0.349 e. The zero-order chi connectivity index (χ0) is 13.0. The first-order valence-corrected chi connectivity index (χ1v) is 5.57. The Morgan fingerprint density at radius 3 is 3.00 bits per heavy atom. The van der Waals surface area contributed by atoms with Crippen molar-refractivity contribution in [2.75, 3.05) is 6.54 Å². The summed E-state index contributed by atoms with van der Waals surface area (Å²) in [6.45, 7) is 2.13. The summed E-state index contributed by atoms with van der Waals surface area (Å²) >= 11 is 0. The Kier molecular flexibility index (Phi) is 3.66. The first kappa shape index (κ1) is 12.2. The Morgan fingerprint density at radius 1 is 1.50 bits per heavy atom. The topological polar surface area (TPSA) is 70.7 Å². The van der Waals surface area contributed by atoms with Crippen LogP contribution in [0.25, 0.3) is 0 Å². The molecule has 94 valence electrons. The van der Waals surface area contributed by atoms with E-state index >= 15 is 0 Å². The molecular weight excluding hydrogens is 235 g/mol. The summed E-state index contributed by atoms with van der Waals surface area (Å²) in [7, 11) is 0. The van der Waals surface area contributed by atoms with Crippen LogP contribution >= 0.6 is 0 Å². The maximum Gasteiger partial charge on any atom is 0.290 e. The number of aromatic amines is 1. The number of nitrogens with zero attached hydrogens (tertiary/aromatic N) is 2. The number of aromatic nitrogens is 3. The van der Waals surface area contributed by atoms with E-state index in [9.17, 15) is 9.18 Å². The molecule has 1 aromatic heterocycles. The lowest BCUT2D eigenvalue weighted by Crippen LogP contribution is -2.26. The summed E-state index contributed by atoms with van der Waals surface area (Å²) in [5.41, 5.74) is 0.835. The summed E-state index contributed by atoms with van der Waals surface area (Å²) < 4.78 is 12.9. The quantitative estimate of drug-likeness (QED) is 0.854. The molecule has 2 rings (SSSR count). The van der Waals surface area contributed by atoms with Crippen LogP contribution in [0.4, 0.5) is 4.39 Å². The monoisotopic (exact) mass is 248 g/mol. The molecule has 0 aliphatic heterocycles. The van der Waals surface area contributed by atoms with E-state index in [1.165, 1.54) is 12.1 Å². The van der Waals surface area contributed by atoms with Gasteiger partial charge in [-0.25, -0.2) is 9.37 Å². The van der Waals surface area contributed by atoms with E-state index in [1.54, 1.807) is 13.0 Å². The van der Waals surface area contributed by atoms with E-state index in [1.807, 2.05) is 6.07 Å². The number of rotatable bonds is 4. The van der Waals surface area contributed by atoms with Gasteiger partial charge in [0.1, 0.15) is 11.6 Å². The molecule has 0 spiro atoms. The molecule has 2 aromatic rings. The van der Waals surface area contributed by atoms with E-state index in [0.717, 1.165) is 5.56 Å². The SMILES string of the molecule is Cc1nc(C(=O)NCCc2cccc(F)c2)n[nH]1. The lowest BCUT2D eigenvalue weighted by molar-refractivity contribution is 0.0944. The number of hydrogen-bond acceptors (Lipinski definition) is 3. The number of hydrogen-bond donors (Lipinski definition) is 2. The Labute approximate surface area is 103 Å². The minimum atomic E-state index is -0.337. The fourth-order valence-electron chi connectivity index (χ4n) is 1.54. The molecule has 1 amide bonds. The van der Waals surface area contributed by atoms with Crippen molar-refractivity contribution in [1.29, 1.82) is 0 Å². The molecule has 0 saturated carbocycles. The first-order valence-electron chi connectivity index (χ1n) is 5.57. The van der Waals surface area contributed by atoms with Gasteiger partial charge in [-0.2, -0.15) is 0 Å². The number of carbonyl (C=O) groups is 1. The number of benzene rings is 1. The summed E-state index contributed by atoms with van der Waals surface area (Å²) in [5, 5.41) is 9.01. The van der Waals surface area contributed by atoms with Crippen LogP contribution in [0.2, 0.25) is 0 Å². The molecule has 1 aromatic carbocycles. The maximum absolute atomic E-state index is 12.9. The van der Waals surface area contributed by atoms with Gasteiger partial charge in [0.25, 0.3) is 5.91 Å². The Morgan fingerprint density at radius 2 is 2.33 bits per heavy atom. The van der Waals surface area contributed by atoms with Gasteiger partial charge in [-0.05, 0) is 31.0 Å². The van der Waals surface area contributed by atoms with Crippen LogP contribution in [0.3, 0.4) is 0 Å². The van der Waals surface area contributed by atoms with E-state index in [-0.39, 0.29) is 17.5 Å². The second kappa shape index (κ2) is 5.39. The Hall–Kier alpha value is -2.24. The molecule has 0 saturated heterocycles. The van der Waals surface area contributed by atoms with Crippen molar-refractivity contribution < 1.29 is 9.18 Å². The summed E-state index contributed by atoms with van der Waals surface area (Å²) in [4.78, 5) is 15.5. The normalized spacial score (nSPS) is 10.3. The maximum atomic E-state index is 12.9. The lowest BCUT2D eigenvalue weighted by atomic mass is 10.1. The minimum absolute atomic E-state index is 0.117. The molecule has 2 N–H and O–H groups in total. The molecule has 0 atom stereocenters. The van der Waals surface area contributed by atoms with Crippen molar-refractivity contribution in [3.8, 4) is 0 Å². The third-order valence-corrected chi connectivity index (χ3v) is 2.39. The summed E-state index contributed by atoms with van der Waals surface area (Å²) in [6, 6.07) is 6.29. The van der Waals surface area contributed by atoms with Gasteiger partial charge in [-0.3, -0.25) is 9.89 Å². The van der Waals surface area contributed by atoms with Gasteiger partial charge in [0, 0.05) is 6.54 Å². The molecule has 18 heavy (non-hydrogen) atoms. The molecule has 0 aliphatic carbocycles. The number of H-pyrrole nitrogens is 1. The summed E-state index contributed by atoms with van der Waals surface area (Å²) in [6.07, 6.45) is 0.562. The number of aryl methyl sites for hydroxylation is 1. The average Bonchev–Trinajstić information content (AvgIpc) is 2.76. The lowest BCUT2D eigenvalue weighted by Gasteiger charge is -2.03. The van der Waals surface area contributed by atoms with Crippen LogP contribution in [0, 0.1) is 12.7 Å². The van der Waals surface area contributed by atoms with Crippen molar-refractivity contribution in [3.05, 3.63) is 47.3 Å². The Balaban J connectivity index is 1.84. The van der Waals surface area contributed by atoms with Crippen molar-refractivity contribution in [3.63, 3.8) is 0 Å². The number of carbonyl (C=O) groups excluding carboxylic acids is 1. The van der Waals surface area contributed by atoms with Gasteiger partial charge < -0.3 is 5.32 Å². The van der Waals surface area contributed by atoms with Crippen LogP contribution in [0.5, 0.6) is 0 Å². The van der Waals surface area contributed by atoms with Gasteiger partial charge in [-0.1, -0.05) is 12.1 Å². The predicted octanol–water partition coefficient (Wildman–Crippen LogP) is 1.22. The van der Waals surface area contributed by atoms with Crippen molar-refractivity contribution in [2.45, 2.75) is 13.3 Å². The van der Waals surface area contributed by atoms with Crippen molar-refractivity contribution in [1.82, 2.24) is 20.5 Å². The van der Waals surface area contributed by atoms with Crippen LogP contribution < -0.4 is 5.32 Å². The third-order valence-electron chi connectivity index (χ3n) is 2.39. The van der Waals surface area contributed by atoms with E-state index < -0.39 is 0 Å². The molecule has 0 bridgehead atoms. The average molecular weight is 248 g/mol. The van der Waals surface area contributed by atoms with Crippen LogP contribution in [-0.2, 0) is 6.42 Å². The molecule has 1 heterocycles. The van der Waals surface area contributed by atoms with Crippen LogP contribution in [0.15, 0.2) is 24.3 Å². The number of halogens is 1. The highest BCUT2D eigenvalue weighted by atomic mass is 19.1. The highest BCUT2D eigenvalue weighted by molar-refractivity contribution is 5.90. The predicted molar refractivity (Wildman–Crippen MR) is 63.6 cm³/mol. The van der Waals surface area contributed by atoms with Crippen molar-refractivity contribution in [2.24, 2.45) is 0 Å². The zero-order valence-electron chi connectivity index (χ0n) is 9.90. The first-order chi connectivity index (χ1) is 8.65. The minimum Gasteiger partial charge on any atom is -0.349 e. The number of nitrogens with one attached hydrogen (secondary N) is 2. The molecular formula is C12H13FN4O. The van der Waals surface area contributed by atoms with Crippen molar-refractivity contribution >= 4 is 5.91 Å². The Bertz CT molecular complexity index is 553. The van der Waals surface area contributed by atoms with Gasteiger partial charge in [0.2, 0.25) is 5.82 Å². The van der Waals surface area contributed by atoms with E-state index in [2.05, 4.69) is 20.5 Å². The zero-order valence-corrected chi connectivity index (χ0v) is 9.90. The van der Waals surface area contributed by atoms with Crippen LogP contribution in [-0.4, -0.2) is 27.6 Å². The van der Waals surface area contributed by atoms with E-state index in [4.69, 9.17) is 0 Å². The second-order valence-corrected chi connectivity index (χ2v) is 3.88. The standard InChI is InChI=1S/C12H13FN4O/c1-8-15-11(17-16-8)12(18)14-6-5-9-3-2-4-10(13)7-9/h2-4,7H,5-6H2,1H3,(H,14,18)(H,15,16,17). The molecule has 0 fully saturated rings. The molecule has 0 radical (unpaired) electrons. The summed E-state index contributed by atoms with van der Waals surface area (Å²) in [5.74, 6) is 0.0937. The van der Waals surface area contributed by atoms with Gasteiger partial charge >= 0.3 is 0 Å². The highest BCUT2D eigenvalue weighted by Crippen LogP contribution is 2.03. The molecule has 6 heteroatoms. The second-order valence-electron chi connectivity index (χ2n) is 3.88.